The first-order valence-corrected chi connectivity index (χ1v) is 9.64. The number of morpholine rings is 1. The summed E-state index contributed by atoms with van der Waals surface area (Å²) in [7, 11) is 4.42. The van der Waals surface area contributed by atoms with Gasteiger partial charge in [-0.25, -0.2) is 0 Å². The van der Waals surface area contributed by atoms with E-state index < -0.39 is 5.91 Å². The van der Waals surface area contributed by atoms with E-state index in [0.717, 1.165) is 0 Å². The Bertz CT molecular complexity index is 918. The van der Waals surface area contributed by atoms with Crippen molar-refractivity contribution in [2.45, 2.75) is 0 Å². The Morgan fingerprint density at radius 3 is 2.17 bits per heavy atom. The summed E-state index contributed by atoms with van der Waals surface area (Å²) in [6.45, 7) is 2.05. The first-order chi connectivity index (χ1) is 14.5. The number of amides is 2. The lowest BCUT2D eigenvalue weighted by Crippen LogP contribution is -2.40. The predicted molar refractivity (Wildman–Crippen MR) is 112 cm³/mol. The molecule has 1 aliphatic rings. The van der Waals surface area contributed by atoms with E-state index in [1.165, 1.54) is 33.5 Å². The van der Waals surface area contributed by atoms with Gasteiger partial charge in [-0.05, 0) is 30.3 Å². The number of rotatable bonds is 6. The molecule has 1 saturated heterocycles. The fourth-order valence-corrected chi connectivity index (χ4v) is 3.27. The zero-order valence-electron chi connectivity index (χ0n) is 17.0. The summed E-state index contributed by atoms with van der Waals surface area (Å²) in [5.41, 5.74) is 1.04. The van der Waals surface area contributed by atoms with Gasteiger partial charge in [-0.2, -0.15) is 0 Å². The highest BCUT2D eigenvalue weighted by Gasteiger charge is 2.21. The summed E-state index contributed by atoms with van der Waals surface area (Å²) >= 11 is 6.25. The monoisotopic (exact) mass is 434 g/mol. The summed E-state index contributed by atoms with van der Waals surface area (Å²) in [6, 6.07) is 7.85. The Kier molecular flexibility index (Phi) is 7.02. The van der Waals surface area contributed by atoms with Crippen LogP contribution in [0.15, 0.2) is 30.3 Å². The summed E-state index contributed by atoms with van der Waals surface area (Å²) < 4.78 is 21.1. The van der Waals surface area contributed by atoms with Crippen LogP contribution in [0.4, 0.5) is 5.69 Å². The van der Waals surface area contributed by atoms with Crippen molar-refractivity contribution in [3.05, 3.63) is 46.5 Å². The van der Waals surface area contributed by atoms with Gasteiger partial charge in [0.1, 0.15) is 0 Å². The Morgan fingerprint density at radius 2 is 1.60 bits per heavy atom. The van der Waals surface area contributed by atoms with Crippen LogP contribution >= 0.6 is 11.6 Å². The number of carbonyl (C=O) groups excluding carboxylic acids is 2. The lowest BCUT2D eigenvalue weighted by Gasteiger charge is -2.27. The molecule has 1 fully saturated rings. The van der Waals surface area contributed by atoms with Gasteiger partial charge in [0.25, 0.3) is 11.8 Å². The van der Waals surface area contributed by atoms with Crippen LogP contribution in [0.5, 0.6) is 17.2 Å². The second kappa shape index (κ2) is 9.69. The van der Waals surface area contributed by atoms with E-state index in [2.05, 4.69) is 5.32 Å². The SMILES string of the molecule is COc1cc(C(=O)Nc2cc(C(=O)N3CCOCC3)ccc2Cl)cc(OC)c1OC. The molecule has 0 spiro atoms. The summed E-state index contributed by atoms with van der Waals surface area (Å²) in [5, 5.41) is 3.06. The number of nitrogens with zero attached hydrogens (tertiary/aromatic N) is 1. The topological polar surface area (TPSA) is 86.3 Å². The molecular formula is C21H23ClN2O6. The highest BCUT2D eigenvalue weighted by Crippen LogP contribution is 2.38. The first kappa shape index (κ1) is 21.7. The third-order valence-electron chi connectivity index (χ3n) is 4.69. The van der Waals surface area contributed by atoms with Gasteiger partial charge < -0.3 is 29.2 Å². The molecule has 0 atom stereocenters. The highest BCUT2D eigenvalue weighted by molar-refractivity contribution is 6.34. The summed E-state index contributed by atoms with van der Waals surface area (Å²) in [6.07, 6.45) is 0. The van der Waals surface area contributed by atoms with E-state index in [9.17, 15) is 9.59 Å². The summed E-state index contributed by atoms with van der Waals surface area (Å²) in [4.78, 5) is 27.3. The Labute approximate surface area is 179 Å². The largest absolute Gasteiger partial charge is 0.493 e. The molecule has 8 nitrogen and oxygen atoms in total. The molecule has 160 valence electrons. The standard InChI is InChI=1S/C21H23ClN2O6/c1-27-17-11-14(12-18(28-2)19(17)29-3)20(25)23-16-10-13(4-5-15(16)22)21(26)24-6-8-30-9-7-24/h4-5,10-12H,6-9H2,1-3H3,(H,23,25). The second-order valence-corrected chi connectivity index (χ2v) is 6.87. The number of carbonyl (C=O) groups is 2. The molecule has 9 heteroatoms. The predicted octanol–water partition coefficient (Wildman–Crippen LogP) is 3.09. The maximum Gasteiger partial charge on any atom is 0.255 e. The van der Waals surface area contributed by atoms with E-state index in [1.807, 2.05) is 0 Å². The fourth-order valence-electron chi connectivity index (χ4n) is 3.11. The van der Waals surface area contributed by atoms with Crippen molar-refractivity contribution in [3.8, 4) is 17.2 Å². The normalized spacial score (nSPS) is 13.5. The van der Waals surface area contributed by atoms with Crippen molar-refractivity contribution < 1.29 is 28.5 Å². The summed E-state index contributed by atoms with van der Waals surface area (Å²) in [5.74, 6) is 0.506. The van der Waals surface area contributed by atoms with Crippen LogP contribution in [0, 0.1) is 0 Å². The molecule has 0 unspecified atom stereocenters. The number of ether oxygens (including phenoxy) is 4. The van der Waals surface area contributed by atoms with Crippen molar-refractivity contribution in [2.24, 2.45) is 0 Å². The van der Waals surface area contributed by atoms with Crippen LogP contribution in [0.25, 0.3) is 0 Å². The highest BCUT2D eigenvalue weighted by atomic mass is 35.5. The van der Waals surface area contributed by atoms with Crippen molar-refractivity contribution in [2.75, 3.05) is 52.9 Å². The average molecular weight is 435 g/mol. The van der Waals surface area contributed by atoms with Gasteiger partial charge in [0.2, 0.25) is 5.75 Å². The van der Waals surface area contributed by atoms with Crippen LogP contribution in [-0.4, -0.2) is 64.3 Å². The lowest BCUT2D eigenvalue weighted by atomic mass is 10.1. The Balaban J connectivity index is 1.85. The van der Waals surface area contributed by atoms with Crippen LogP contribution in [0.1, 0.15) is 20.7 Å². The number of nitrogens with one attached hydrogen (secondary N) is 1. The van der Waals surface area contributed by atoms with Gasteiger partial charge >= 0.3 is 0 Å². The number of benzene rings is 2. The van der Waals surface area contributed by atoms with Crippen LogP contribution in [0.2, 0.25) is 5.02 Å². The minimum Gasteiger partial charge on any atom is -0.493 e. The molecule has 2 aromatic carbocycles. The number of methoxy groups -OCH3 is 3. The number of hydrogen-bond acceptors (Lipinski definition) is 6. The van der Waals surface area contributed by atoms with Crippen molar-refractivity contribution in [1.29, 1.82) is 0 Å². The average Bonchev–Trinajstić information content (AvgIpc) is 2.79. The van der Waals surface area contributed by atoms with E-state index >= 15 is 0 Å². The van der Waals surface area contributed by atoms with Gasteiger partial charge in [0, 0.05) is 24.2 Å². The van der Waals surface area contributed by atoms with E-state index in [-0.39, 0.29) is 11.5 Å². The molecule has 1 N–H and O–H groups in total. The minimum absolute atomic E-state index is 0.141. The van der Waals surface area contributed by atoms with Gasteiger partial charge in [-0.3, -0.25) is 9.59 Å². The molecule has 0 saturated carbocycles. The minimum atomic E-state index is -0.438. The molecule has 1 heterocycles. The van der Waals surface area contributed by atoms with E-state index in [1.54, 1.807) is 23.1 Å². The van der Waals surface area contributed by atoms with Crippen molar-refractivity contribution >= 4 is 29.1 Å². The van der Waals surface area contributed by atoms with E-state index in [0.29, 0.717) is 59.8 Å². The zero-order valence-corrected chi connectivity index (χ0v) is 17.7. The molecule has 1 aliphatic heterocycles. The van der Waals surface area contributed by atoms with Gasteiger partial charge in [-0.1, -0.05) is 11.6 Å². The quantitative estimate of drug-likeness (QED) is 0.751. The van der Waals surface area contributed by atoms with Gasteiger partial charge in [-0.15, -0.1) is 0 Å². The molecule has 0 bridgehead atoms. The van der Waals surface area contributed by atoms with Gasteiger partial charge in [0.15, 0.2) is 11.5 Å². The van der Waals surface area contributed by atoms with Crippen molar-refractivity contribution in [1.82, 2.24) is 4.90 Å². The molecule has 0 aliphatic carbocycles. The zero-order chi connectivity index (χ0) is 21.7. The lowest BCUT2D eigenvalue weighted by molar-refractivity contribution is 0.0303. The maximum atomic E-state index is 12.9. The number of hydrogen-bond donors (Lipinski definition) is 1. The van der Waals surface area contributed by atoms with Crippen LogP contribution in [-0.2, 0) is 4.74 Å². The molecule has 30 heavy (non-hydrogen) atoms. The third-order valence-corrected chi connectivity index (χ3v) is 5.02. The maximum absolute atomic E-state index is 12.9. The smallest absolute Gasteiger partial charge is 0.255 e. The number of halogens is 1. The molecular weight excluding hydrogens is 412 g/mol. The molecule has 2 aromatic rings. The third kappa shape index (κ3) is 4.60. The molecule has 0 radical (unpaired) electrons. The van der Waals surface area contributed by atoms with Gasteiger partial charge in [0.05, 0.1) is 45.3 Å². The van der Waals surface area contributed by atoms with Crippen LogP contribution < -0.4 is 19.5 Å². The van der Waals surface area contributed by atoms with Crippen molar-refractivity contribution in [3.63, 3.8) is 0 Å². The molecule has 0 aromatic heterocycles. The fraction of sp³-hybridized carbons (Fsp3) is 0.333. The molecule has 3 rings (SSSR count). The Hall–Kier alpha value is -2.97. The second-order valence-electron chi connectivity index (χ2n) is 6.47. The number of anilines is 1. The first-order valence-electron chi connectivity index (χ1n) is 9.26. The Morgan fingerprint density at radius 1 is 0.967 bits per heavy atom. The molecule has 2 amide bonds. The van der Waals surface area contributed by atoms with E-state index in [4.69, 9.17) is 30.5 Å². The van der Waals surface area contributed by atoms with Crippen LogP contribution in [0.3, 0.4) is 0 Å².